The van der Waals surface area contributed by atoms with Crippen LogP contribution in [0.3, 0.4) is 0 Å². The molecule has 0 aromatic heterocycles. The minimum absolute atomic E-state index is 0.200. The summed E-state index contributed by atoms with van der Waals surface area (Å²) in [4.78, 5) is 58.8. The number of hydrogen-bond donors (Lipinski definition) is 8. The van der Waals surface area contributed by atoms with Crippen molar-refractivity contribution >= 4 is 29.7 Å². The number of unbranched alkanes of at least 4 members (excludes halogenated alkanes) is 1. The van der Waals surface area contributed by atoms with Crippen molar-refractivity contribution in [2.45, 2.75) is 76.2 Å². The van der Waals surface area contributed by atoms with Crippen molar-refractivity contribution in [1.29, 1.82) is 0 Å². The zero-order valence-corrected chi connectivity index (χ0v) is 17.7. The maximum atomic E-state index is 12.6. The van der Waals surface area contributed by atoms with Gasteiger partial charge < -0.3 is 42.7 Å². The van der Waals surface area contributed by atoms with E-state index in [0.717, 1.165) is 0 Å². The summed E-state index contributed by atoms with van der Waals surface area (Å²) < 4.78 is 0. The summed E-state index contributed by atoms with van der Waals surface area (Å²) in [6.45, 7) is 3.01. The molecule has 0 aliphatic carbocycles. The molecular formula is C18H33N5O8. The molecule has 5 unspecified atom stereocenters. The predicted octanol–water partition coefficient (Wildman–Crippen LogP) is -2.75. The molecular weight excluding hydrogens is 414 g/mol. The minimum atomic E-state index is -1.44. The van der Waals surface area contributed by atoms with Gasteiger partial charge in [0.15, 0.2) is 0 Å². The van der Waals surface area contributed by atoms with E-state index in [1.165, 1.54) is 13.8 Å². The predicted molar refractivity (Wildman–Crippen MR) is 109 cm³/mol. The van der Waals surface area contributed by atoms with Crippen molar-refractivity contribution in [3.8, 4) is 0 Å². The fraction of sp³-hybridized carbons (Fsp3) is 0.722. The first-order chi connectivity index (χ1) is 14.4. The number of hydrogen-bond acceptors (Lipinski definition) is 8. The van der Waals surface area contributed by atoms with Crippen LogP contribution in [0, 0.1) is 0 Å². The Balaban J connectivity index is 5.06. The highest BCUT2D eigenvalue weighted by Crippen LogP contribution is 2.04. The molecule has 0 heterocycles. The molecule has 13 nitrogen and oxygen atoms in total. The maximum Gasteiger partial charge on any atom is 0.326 e. The van der Waals surface area contributed by atoms with Crippen molar-refractivity contribution in [3.05, 3.63) is 0 Å². The number of carbonyl (C=O) groups is 5. The summed E-state index contributed by atoms with van der Waals surface area (Å²) in [5, 5.41) is 34.2. The monoisotopic (exact) mass is 447 g/mol. The number of aliphatic hydroxyl groups is 1. The Labute approximate surface area is 179 Å². The average Bonchev–Trinajstić information content (AvgIpc) is 2.68. The van der Waals surface area contributed by atoms with Crippen molar-refractivity contribution in [2.24, 2.45) is 11.5 Å². The third kappa shape index (κ3) is 11.3. The normalized spacial score (nSPS) is 15.6. The molecule has 13 heteroatoms. The van der Waals surface area contributed by atoms with Gasteiger partial charge in [0.05, 0.1) is 6.10 Å². The van der Waals surface area contributed by atoms with Gasteiger partial charge in [-0.3, -0.25) is 19.2 Å². The summed E-state index contributed by atoms with van der Waals surface area (Å²) in [7, 11) is 0. The summed E-state index contributed by atoms with van der Waals surface area (Å²) >= 11 is 0. The Morgan fingerprint density at radius 1 is 0.839 bits per heavy atom. The molecule has 0 saturated heterocycles. The fourth-order valence-electron chi connectivity index (χ4n) is 2.45. The number of aliphatic carboxylic acids is 2. The number of rotatable bonds is 15. The Bertz CT molecular complexity index is 642. The van der Waals surface area contributed by atoms with E-state index >= 15 is 0 Å². The fourth-order valence-corrected chi connectivity index (χ4v) is 2.45. The molecule has 0 rings (SSSR count). The molecule has 0 saturated carbocycles. The summed E-state index contributed by atoms with van der Waals surface area (Å²) in [5.74, 6) is -4.91. The highest BCUT2D eigenvalue weighted by molar-refractivity contribution is 5.94. The molecule has 0 aliphatic rings. The number of carboxylic acids is 2. The van der Waals surface area contributed by atoms with Crippen molar-refractivity contribution < 1.29 is 39.3 Å². The number of amides is 3. The van der Waals surface area contributed by atoms with Gasteiger partial charge in [-0.25, -0.2) is 4.79 Å². The first-order valence-corrected chi connectivity index (χ1v) is 9.90. The standard InChI is InChI=1S/C18H33N5O8/c1-9(15(27)23-12(18(30)31)6-7-13(25)26)21-16(28)11(5-3-4-8-19)22-17(29)14(20)10(2)24/h9-12,14,24H,3-8,19-20H2,1-2H3,(H,21,28)(H,22,29)(H,23,27)(H,25,26)(H,30,31). The number of aliphatic hydroxyl groups excluding tert-OH is 1. The van der Waals surface area contributed by atoms with E-state index in [0.29, 0.717) is 19.4 Å². The second-order valence-electron chi connectivity index (χ2n) is 7.17. The van der Waals surface area contributed by atoms with Gasteiger partial charge in [-0.1, -0.05) is 0 Å². The molecule has 0 spiro atoms. The van der Waals surface area contributed by atoms with Crippen molar-refractivity contribution in [2.75, 3.05) is 6.54 Å². The van der Waals surface area contributed by atoms with E-state index in [4.69, 9.17) is 21.7 Å². The number of carboxylic acid groups (broad SMARTS) is 2. The molecule has 10 N–H and O–H groups in total. The van der Waals surface area contributed by atoms with Crippen LogP contribution in [0.25, 0.3) is 0 Å². The topological polar surface area (TPSA) is 234 Å². The van der Waals surface area contributed by atoms with Gasteiger partial charge in [-0.2, -0.15) is 0 Å². The van der Waals surface area contributed by atoms with Gasteiger partial charge in [-0.05, 0) is 46.1 Å². The SMILES string of the molecule is CC(NC(=O)C(CCCCN)NC(=O)C(N)C(C)O)C(=O)NC(CCC(=O)O)C(=O)O. The van der Waals surface area contributed by atoms with Crippen LogP contribution in [-0.2, 0) is 24.0 Å². The van der Waals surface area contributed by atoms with Gasteiger partial charge in [0, 0.05) is 6.42 Å². The largest absolute Gasteiger partial charge is 0.481 e. The lowest BCUT2D eigenvalue weighted by Gasteiger charge is -2.24. The molecule has 31 heavy (non-hydrogen) atoms. The summed E-state index contributed by atoms with van der Waals surface area (Å²) in [6, 6.07) is -4.91. The highest BCUT2D eigenvalue weighted by Gasteiger charge is 2.29. The molecule has 3 amide bonds. The third-order valence-corrected chi connectivity index (χ3v) is 4.42. The summed E-state index contributed by atoms with van der Waals surface area (Å²) in [6.07, 6.45) is -0.650. The van der Waals surface area contributed by atoms with Crippen LogP contribution >= 0.6 is 0 Å². The van der Waals surface area contributed by atoms with Crippen LogP contribution in [0.5, 0.6) is 0 Å². The highest BCUT2D eigenvalue weighted by atomic mass is 16.4. The van der Waals surface area contributed by atoms with E-state index < -0.39 is 66.4 Å². The van der Waals surface area contributed by atoms with Gasteiger partial charge in [-0.15, -0.1) is 0 Å². The number of carbonyl (C=O) groups excluding carboxylic acids is 3. The van der Waals surface area contributed by atoms with E-state index in [-0.39, 0.29) is 12.8 Å². The van der Waals surface area contributed by atoms with Crippen LogP contribution in [0.1, 0.15) is 46.0 Å². The minimum Gasteiger partial charge on any atom is -0.481 e. The van der Waals surface area contributed by atoms with Gasteiger partial charge in [0.25, 0.3) is 0 Å². The Morgan fingerprint density at radius 3 is 1.90 bits per heavy atom. The lowest BCUT2D eigenvalue weighted by molar-refractivity contribution is -0.143. The van der Waals surface area contributed by atoms with Crippen LogP contribution in [-0.4, -0.2) is 81.8 Å². The van der Waals surface area contributed by atoms with E-state index in [1.807, 2.05) is 0 Å². The zero-order chi connectivity index (χ0) is 24.1. The molecule has 0 aromatic rings. The first kappa shape index (κ1) is 28.2. The smallest absolute Gasteiger partial charge is 0.326 e. The molecule has 0 fully saturated rings. The maximum absolute atomic E-state index is 12.6. The Morgan fingerprint density at radius 2 is 1.42 bits per heavy atom. The van der Waals surface area contributed by atoms with E-state index in [2.05, 4.69) is 16.0 Å². The number of nitrogens with one attached hydrogen (secondary N) is 3. The molecule has 0 aromatic carbocycles. The first-order valence-electron chi connectivity index (χ1n) is 9.90. The second-order valence-corrected chi connectivity index (χ2v) is 7.17. The van der Waals surface area contributed by atoms with Crippen LogP contribution in [0.15, 0.2) is 0 Å². The van der Waals surface area contributed by atoms with Gasteiger partial charge >= 0.3 is 11.9 Å². The van der Waals surface area contributed by atoms with Crippen molar-refractivity contribution in [3.63, 3.8) is 0 Å². The second kappa shape index (κ2) is 14.3. The number of nitrogens with two attached hydrogens (primary N) is 2. The van der Waals surface area contributed by atoms with Gasteiger partial charge in [0.2, 0.25) is 17.7 Å². The van der Waals surface area contributed by atoms with E-state index in [9.17, 15) is 29.1 Å². The van der Waals surface area contributed by atoms with Gasteiger partial charge in [0.1, 0.15) is 24.2 Å². The molecule has 178 valence electrons. The molecule has 0 radical (unpaired) electrons. The van der Waals surface area contributed by atoms with Crippen LogP contribution in [0.2, 0.25) is 0 Å². The Hall–Kier alpha value is -2.77. The molecule has 5 atom stereocenters. The van der Waals surface area contributed by atoms with Crippen molar-refractivity contribution in [1.82, 2.24) is 16.0 Å². The third-order valence-electron chi connectivity index (χ3n) is 4.42. The van der Waals surface area contributed by atoms with E-state index in [1.54, 1.807) is 0 Å². The lowest BCUT2D eigenvalue weighted by Crippen LogP contribution is -2.57. The average molecular weight is 447 g/mol. The molecule has 0 bridgehead atoms. The zero-order valence-electron chi connectivity index (χ0n) is 17.7. The molecule has 0 aliphatic heterocycles. The summed E-state index contributed by atoms with van der Waals surface area (Å²) in [5.41, 5.74) is 11.0. The Kier molecular flexibility index (Phi) is 13.0. The lowest BCUT2D eigenvalue weighted by atomic mass is 10.1. The van der Waals surface area contributed by atoms with Crippen LogP contribution in [0.4, 0.5) is 0 Å². The quantitative estimate of drug-likeness (QED) is 0.120. The van der Waals surface area contributed by atoms with Crippen LogP contribution < -0.4 is 27.4 Å².